The molecule has 0 atom stereocenters. The van der Waals surface area contributed by atoms with Crippen molar-refractivity contribution >= 4 is 23.0 Å². The van der Waals surface area contributed by atoms with Crippen LogP contribution in [-0.4, -0.2) is 18.7 Å². The van der Waals surface area contributed by atoms with Gasteiger partial charge in [-0.2, -0.15) is 5.10 Å². The normalized spacial score (nSPS) is 15.9. The van der Waals surface area contributed by atoms with Gasteiger partial charge in [-0.25, -0.2) is 0 Å². The van der Waals surface area contributed by atoms with Crippen LogP contribution >= 0.6 is 0 Å². The van der Waals surface area contributed by atoms with Crippen LogP contribution in [0.2, 0.25) is 0 Å². The fraction of sp³-hybridized carbons (Fsp3) is 0.280. The van der Waals surface area contributed by atoms with Crippen LogP contribution < -0.4 is 15.5 Å². The second-order valence-corrected chi connectivity index (χ2v) is 8.56. The predicted octanol–water partition coefficient (Wildman–Crippen LogP) is 5.64. The van der Waals surface area contributed by atoms with Gasteiger partial charge in [-0.1, -0.05) is 44.2 Å². The number of carbonyl (C=O) groups excluding carboxylic acids is 1. The number of carbonyl (C=O) groups is 1. The fourth-order valence-corrected chi connectivity index (χ4v) is 4.00. The number of anilines is 2. The van der Waals surface area contributed by atoms with Gasteiger partial charge in [0, 0.05) is 17.5 Å². The molecule has 2 N–H and O–H groups in total. The largest absolute Gasteiger partial charge is 0.495 e. The maximum Gasteiger partial charge on any atom is 0.291 e. The molecule has 4 rings (SSSR count). The van der Waals surface area contributed by atoms with Crippen molar-refractivity contribution in [1.29, 1.82) is 0 Å². The van der Waals surface area contributed by atoms with Crippen LogP contribution in [-0.2, 0) is 6.42 Å². The van der Waals surface area contributed by atoms with Gasteiger partial charge >= 0.3 is 0 Å². The molecular weight excluding hydrogens is 390 g/mol. The van der Waals surface area contributed by atoms with Gasteiger partial charge in [0.25, 0.3) is 5.91 Å². The molecule has 3 aromatic rings. The predicted molar refractivity (Wildman–Crippen MR) is 123 cm³/mol. The number of amides is 1. The highest BCUT2D eigenvalue weighted by Crippen LogP contribution is 2.39. The number of nitrogens with one attached hydrogen (secondary N) is 2. The molecule has 6 nitrogen and oxygen atoms in total. The van der Waals surface area contributed by atoms with Crippen LogP contribution in [0.5, 0.6) is 5.75 Å². The quantitative estimate of drug-likeness (QED) is 0.527. The van der Waals surface area contributed by atoms with Crippen molar-refractivity contribution in [3.8, 4) is 5.75 Å². The second-order valence-electron chi connectivity index (χ2n) is 8.56. The summed E-state index contributed by atoms with van der Waals surface area (Å²) < 4.78 is 11.4. The number of hydrogen-bond acceptors (Lipinski definition) is 5. The number of methoxy groups -OCH3 is 1. The summed E-state index contributed by atoms with van der Waals surface area (Å²) in [6, 6.07) is 17.1. The number of para-hydroxylation sites is 3. The number of hydrazone groups is 1. The van der Waals surface area contributed by atoms with Crippen LogP contribution in [0.3, 0.4) is 0 Å². The topological polar surface area (TPSA) is 75.9 Å². The number of furan rings is 1. The third kappa shape index (κ3) is 4.33. The van der Waals surface area contributed by atoms with Crippen molar-refractivity contribution in [3.05, 3.63) is 77.2 Å². The molecule has 1 aliphatic rings. The molecule has 0 saturated heterocycles. The van der Waals surface area contributed by atoms with E-state index in [2.05, 4.69) is 24.6 Å². The standard InChI is InChI=1S/C25H27N3O3/c1-16-22-19(28-27-17-10-6-5-7-11-17)14-25(2,3)15-21(22)31-23(16)24(29)26-18-12-8-9-13-20(18)30-4/h5-13,27H,14-15H2,1-4H3,(H,26,29)/b28-19-. The summed E-state index contributed by atoms with van der Waals surface area (Å²) in [6.45, 7) is 6.27. The van der Waals surface area contributed by atoms with E-state index in [0.29, 0.717) is 17.2 Å². The highest BCUT2D eigenvalue weighted by atomic mass is 16.5. The summed E-state index contributed by atoms with van der Waals surface area (Å²) >= 11 is 0. The van der Waals surface area contributed by atoms with E-state index in [-0.39, 0.29) is 11.3 Å². The molecule has 1 aromatic heterocycles. The van der Waals surface area contributed by atoms with E-state index < -0.39 is 0 Å². The molecule has 6 heteroatoms. The number of ether oxygens (including phenoxy) is 1. The molecule has 160 valence electrons. The van der Waals surface area contributed by atoms with Gasteiger partial charge < -0.3 is 14.5 Å². The van der Waals surface area contributed by atoms with E-state index in [9.17, 15) is 4.79 Å². The van der Waals surface area contributed by atoms with Crippen molar-refractivity contribution < 1.29 is 13.9 Å². The van der Waals surface area contributed by atoms with Crippen molar-refractivity contribution in [1.82, 2.24) is 0 Å². The minimum Gasteiger partial charge on any atom is -0.495 e. The fourth-order valence-electron chi connectivity index (χ4n) is 4.00. The molecule has 0 unspecified atom stereocenters. The summed E-state index contributed by atoms with van der Waals surface area (Å²) in [5.74, 6) is 1.40. The minimum atomic E-state index is -0.301. The van der Waals surface area contributed by atoms with Gasteiger partial charge in [0.15, 0.2) is 5.76 Å². The number of rotatable bonds is 5. The molecule has 0 aliphatic heterocycles. The summed E-state index contributed by atoms with van der Waals surface area (Å²) in [6.07, 6.45) is 1.53. The van der Waals surface area contributed by atoms with E-state index in [1.165, 1.54) is 0 Å². The van der Waals surface area contributed by atoms with Gasteiger partial charge in [-0.15, -0.1) is 0 Å². The first kappa shape index (κ1) is 20.7. The Balaban J connectivity index is 1.67. The van der Waals surface area contributed by atoms with E-state index >= 15 is 0 Å². The summed E-state index contributed by atoms with van der Waals surface area (Å²) in [4.78, 5) is 13.1. The van der Waals surface area contributed by atoms with Gasteiger partial charge in [0.05, 0.1) is 24.2 Å². The summed E-state index contributed by atoms with van der Waals surface area (Å²) in [5, 5.41) is 7.60. The molecule has 2 aromatic carbocycles. The van der Waals surface area contributed by atoms with Crippen LogP contribution in [0.15, 0.2) is 64.1 Å². The monoisotopic (exact) mass is 417 g/mol. The first-order valence-electron chi connectivity index (χ1n) is 10.3. The van der Waals surface area contributed by atoms with E-state index in [4.69, 9.17) is 14.3 Å². The molecule has 0 radical (unpaired) electrons. The van der Waals surface area contributed by atoms with E-state index in [1.807, 2.05) is 49.4 Å². The second kappa shape index (κ2) is 8.30. The van der Waals surface area contributed by atoms with Gasteiger partial charge in [0.2, 0.25) is 0 Å². The highest BCUT2D eigenvalue weighted by Gasteiger charge is 2.36. The minimum absolute atomic E-state index is 0.0229. The number of hydrogen-bond donors (Lipinski definition) is 2. The maximum absolute atomic E-state index is 13.1. The first-order valence-corrected chi connectivity index (χ1v) is 10.3. The Hall–Kier alpha value is -3.54. The molecule has 1 heterocycles. The van der Waals surface area contributed by atoms with E-state index in [1.54, 1.807) is 19.2 Å². The smallest absolute Gasteiger partial charge is 0.291 e. The first-order chi connectivity index (χ1) is 14.9. The number of nitrogens with zero attached hydrogens (tertiary/aromatic N) is 1. The van der Waals surface area contributed by atoms with Crippen molar-refractivity contribution in [2.24, 2.45) is 10.5 Å². The Morgan fingerprint density at radius 3 is 2.52 bits per heavy atom. The molecule has 0 bridgehead atoms. The Morgan fingerprint density at radius 1 is 1.06 bits per heavy atom. The SMILES string of the molecule is COc1ccccc1NC(=O)c1oc2c(c1C)/C(=N\Nc1ccccc1)CC(C)(C)C2. The lowest BCUT2D eigenvalue weighted by molar-refractivity contribution is 0.0992. The van der Waals surface area contributed by atoms with Crippen LogP contribution in [0, 0.1) is 12.3 Å². The molecule has 1 amide bonds. The maximum atomic E-state index is 13.1. The zero-order valence-electron chi connectivity index (χ0n) is 18.3. The van der Waals surface area contributed by atoms with Gasteiger partial charge in [-0.05, 0) is 43.0 Å². The molecule has 0 fully saturated rings. The zero-order chi connectivity index (χ0) is 22.0. The lowest BCUT2D eigenvalue weighted by Crippen LogP contribution is -2.27. The third-order valence-corrected chi connectivity index (χ3v) is 5.45. The van der Waals surface area contributed by atoms with Crippen molar-refractivity contribution in [2.75, 3.05) is 17.9 Å². The molecular formula is C25H27N3O3. The lowest BCUT2D eigenvalue weighted by atomic mass is 9.75. The van der Waals surface area contributed by atoms with Crippen molar-refractivity contribution in [3.63, 3.8) is 0 Å². The Kier molecular flexibility index (Phi) is 5.55. The Bertz CT molecular complexity index is 1130. The lowest BCUT2D eigenvalue weighted by Gasteiger charge is -2.29. The molecule has 31 heavy (non-hydrogen) atoms. The summed E-state index contributed by atoms with van der Waals surface area (Å²) in [5.41, 5.74) is 7.25. The van der Waals surface area contributed by atoms with Crippen LogP contribution in [0.4, 0.5) is 11.4 Å². The average Bonchev–Trinajstić information content (AvgIpc) is 3.08. The van der Waals surface area contributed by atoms with E-state index in [0.717, 1.165) is 41.1 Å². The Morgan fingerprint density at radius 2 is 1.77 bits per heavy atom. The summed E-state index contributed by atoms with van der Waals surface area (Å²) in [7, 11) is 1.58. The molecule has 0 saturated carbocycles. The van der Waals surface area contributed by atoms with Gasteiger partial charge in [0.1, 0.15) is 11.5 Å². The van der Waals surface area contributed by atoms with Crippen LogP contribution in [0.1, 0.15) is 47.7 Å². The zero-order valence-corrected chi connectivity index (χ0v) is 18.3. The molecule has 1 aliphatic carbocycles. The van der Waals surface area contributed by atoms with Crippen molar-refractivity contribution in [2.45, 2.75) is 33.6 Å². The average molecular weight is 418 g/mol. The molecule has 0 spiro atoms. The Labute approximate surface area is 182 Å². The van der Waals surface area contributed by atoms with Crippen LogP contribution in [0.25, 0.3) is 0 Å². The highest BCUT2D eigenvalue weighted by molar-refractivity contribution is 6.09. The number of benzene rings is 2. The number of fused-ring (bicyclic) bond motifs is 1. The van der Waals surface area contributed by atoms with Gasteiger partial charge in [-0.3, -0.25) is 10.2 Å². The third-order valence-electron chi connectivity index (χ3n) is 5.45.